The average molecular weight is 400 g/mol. The summed E-state index contributed by atoms with van der Waals surface area (Å²) in [5.74, 6) is -0.596. The van der Waals surface area contributed by atoms with E-state index in [1.807, 2.05) is 4.90 Å². The van der Waals surface area contributed by atoms with Gasteiger partial charge in [0, 0.05) is 31.2 Å². The Morgan fingerprint density at radius 3 is 2.50 bits per heavy atom. The summed E-state index contributed by atoms with van der Waals surface area (Å²) < 4.78 is 4.99. The van der Waals surface area contributed by atoms with Gasteiger partial charge in [0.1, 0.15) is 0 Å². The SMILES string of the molecule is CCOC(=O)N1CCN([C@H]2CC(=O)N(c3ccc(Cl)cc3Cl)C2=O)CC1. The number of hydrogen-bond acceptors (Lipinski definition) is 5. The highest BCUT2D eigenvalue weighted by Gasteiger charge is 2.44. The summed E-state index contributed by atoms with van der Waals surface area (Å²) in [5, 5.41) is 0.691. The van der Waals surface area contributed by atoms with Crippen LogP contribution < -0.4 is 4.90 Å². The number of amides is 3. The summed E-state index contributed by atoms with van der Waals surface area (Å²) >= 11 is 12.0. The third-order valence-electron chi connectivity index (χ3n) is 4.55. The van der Waals surface area contributed by atoms with Crippen molar-refractivity contribution < 1.29 is 19.1 Å². The molecule has 0 unspecified atom stereocenters. The molecule has 2 heterocycles. The van der Waals surface area contributed by atoms with Crippen molar-refractivity contribution in [1.82, 2.24) is 9.80 Å². The number of halogens is 2. The van der Waals surface area contributed by atoms with E-state index in [4.69, 9.17) is 27.9 Å². The lowest BCUT2D eigenvalue weighted by Crippen LogP contribution is -2.54. The summed E-state index contributed by atoms with van der Waals surface area (Å²) in [6.07, 6.45) is -0.257. The van der Waals surface area contributed by atoms with E-state index < -0.39 is 6.04 Å². The lowest BCUT2D eigenvalue weighted by molar-refractivity contribution is -0.123. The first-order valence-electron chi connectivity index (χ1n) is 8.40. The first-order valence-corrected chi connectivity index (χ1v) is 9.15. The molecular weight excluding hydrogens is 381 g/mol. The molecule has 7 nitrogen and oxygen atoms in total. The van der Waals surface area contributed by atoms with Gasteiger partial charge in [-0.15, -0.1) is 0 Å². The zero-order valence-electron chi connectivity index (χ0n) is 14.3. The molecule has 1 aromatic rings. The zero-order chi connectivity index (χ0) is 18.8. The number of benzene rings is 1. The van der Waals surface area contributed by atoms with Crippen molar-refractivity contribution in [3.63, 3.8) is 0 Å². The van der Waals surface area contributed by atoms with E-state index in [1.165, 1.54) is 6.07 Å². The molecule has 2 fully saturated rings. The maximum absolute atomic E-state index is 12.8. The van der Waals surface area contributed by atoms with Crippen LogP contribution >= 0.6 is 23.2 Å². The van der Waals surface area contributed by atoms with E-state index in [9.17, 15) is 14.4 Å². The molecule has 2 aliphatic heterocycles. The molecule has 0 aromatic heterocycles. The van der Waals surface area contributed by atoms with E-state index in [0.29, 0.717) is 43.5 Å². The summed E-state index contributed by atoms with van der Waals surface area (Å²) in [6.45, 7) is 4.01. The second kappa shape index (κ2) is 7.82. The van der Waals surface area contributed by atoms with Crippen LogP contribution in [0.3, 0.4) is 0 Å². The topological polar surface area (TPSA) is 70.2 Å². The summed E-state index contributed by atoms with van der Waals surface area (Å²) in [4.78, 5) is 41.7. The van der Waals surface area contributed by atoms with Gasteiger partial charge < -0.3 is 9.64 Å². The van der Waals surface area contributed by atoms with Gasteiger partial charge in [0.25, 0.3) is 5.91 Å². The number of nitrogens with zero attached hydrogens (tertiary/aromatic N) is 3. The van der Waals surface area contributed by atoms with Gasteiger partial charge in [-0.1, -0.05) is 23.2 Å². The Morgan fingerprint density at radius 2 is 1.88 bits per heavy atom. The molecule has 0 radical (unpaired) electrons. The molecule has 0 aliphatic carbocycles. The number of ether oxygens (including phenoxy) is 1. The van der Waals surface area contributed by atoms with Gasteiger partial charge in [-0.25, -0.2) is 9.69 Å². The predicted octanol–water partition coefficient (Wildman–Crippen LogP) is 2.40. The fourth-order valence-electron chi connectivity index (χ4n) is 3.25. The normalized spacial score (nSPS) is 21.4. The van der Waals surface area contributed by atoms with Crippen LogP contribution in [-0.2, 0) is 14.3 Å². The third-order valence-corrected chi connectivity index (χ3v) is 5.09. The van der Waals surface area contributed by atoms with Crippen molar-refractivity contribution in [3.05, 3.63) is 28.2 Å². The van der Waals surface area contributed by atoms with Gasteiger partial charge in [-0.05, 0) is 25.1 Å². The Labute approximate surface area is 161 Å². The summed E-state index contributed by atoms with van der Waals surface area (Å²) in [6, 6.07) is 4.12. The molecule has 3 rings (SSSR count). The van der Waals surface area contributed by atoms with E-state index in [2.05, 4.69) is 0 Å². The van der Waals surface area contributed by atoms with Crippen LogP contribution in [0.5, 0.6) is 0 Å². The fraction of sp³-hybridized carbons (Fsp3) is 0.471. The van der Waals surface area contributed by atoms with Crippen LogP contribution in [0, 0.1) is 0 Å². The van der Waals surface area contributed by atoms with Gasteiger partial charge >= 0.3 is 6.09 Å². The molecular formula is C17H19Cl2N3O4. The van der Waals surface area contributed by atoms with E-state index in [0.717, 1.165) is 4.90 Å². The molecule has 2 saturated heterocycles. The van der Waals surface area contributed by atoms with E-state index in [1.54, 1.807) is 24.0 Å². The van der Waals surface area contributed by atoms with Crippen molar-refractivity contribution in [2.24, 2.45) is 0 Å². The molecule has 1 atom stereocenters. The largest absolute Gasteiger partial charge is 0.450 e. The Balaban J connectivity index is 1.69. The molecule has 0 spiro atoms. The monoisotopic (exact) mass is 399 g/mol. The molecule has 1 aromatic carbocycles. The number of hydrogen-bond donors (Lipinski definition) is 0. The lowest BCUT2D eigenvalue weighted by Gasteiger charge is -2.36. The smallest absolute Gasteiger partial charge is 0.409 e. The molecule has 0 bridgehead atoms. The van der Waals surface area contributed by atoms with Gasteiger partial charge in [-0.3, -0.25) is 14.5 Å². The molecule has 3 amide bonds. The van der Waals surface area contributed by atoms with Crippen LogP contribution in [0.15, 0.2) is 18.2 Å². The van der Waals surface area contributed by atoms with E-state index in [-0.39, 0.29) is 29.4 Å². The van der Waals surface area contributed by atoms with Gasteiger partial charge in [-0.2, -0.15) is 0 Å². The van der Waals surface area contributed by atoms with Crippen LogP contribution in [0.25, 0.3) is 0 Å². The average Bonchev–Trinajstić information content (AvgIpc) is 2.90. The quantitative estimate of drug-likeness (QED) is 0.729. The highest BCUT2D eigenvalue weighted by Crippen LogP contribution is 2.33. The van der Waals surface area contributed by atoms with Crippen molar-refractivity contribution in [2.45, 2.75) is 19.4 Å². The first kappa shape index (κ1) is 18.9. The Kier molecular flexibility index (Phi) is 5.70. The maximum Gasteiger partial charge on any atom is 0.409 e. The zero-order valence-corrected chi connectivity index (χ0v) is 15.8. The number of carbonyl (C=O) groups excluding carboxylic acids is 3. The van der Waals surface area contributed by atoms with Crippen LogP contribution in [0.1, 0.15) is 13.3 Å². The predicted molar refractivity (Wildman–Crippen MR) is 97.5 cm³/mol. The van der Waals surface area contributed by atoms with Crippen molar-refractivity contribution in [2.75, 3.05) is 37.7 Å². The molecule has 9 heteroatoms. The van der Waals surface area contributed by atoms with Crippen molar-refractivity contribution in [3.8, 4) is 0 Å². The molecule has 26 heavy (non-hydrogen) atoms. The Morgan fingerprint density at radius 1 is 1.19 bits per heavy atom. The van der Waals surface area contributed by atoms with Crippen LogP contribution in [0.2, 0.25) is 10.0 Å². The minimum Gasteiger partial charge on any atom is -0.450 e. The number of imide groups is 1. The molecule has 0 N–H and O–H groups in total. The van der Waals surface area contributed by atoms with Crippen LogP contribution in [0.4, 0.5) is 10.5 Å². The van der Waals surface area contributed by atoms with Crippen molar-refractivity contribution >= 4 is 46.8 Å². The van der Waals surface area contributed by atoms with Crippen molar-refractivity contribution in [1.29, 1.82) is 0 Å². The molecule has 140 valence electrons. The maximum atomic E-state index is 12.8. The highest BCUT2D eigenvalue weighted by molar-refractivity contribution is 6.38. The number of carbonyl (C=O) groups is 3. The first-order chi connectivity index (χ1) is 12.4. The third kappa shape index (κ3) is 3.65. The van der Waals surface area contributed by atoms with Gasteiger partial charge in [0.05, 0.1) is 29.8 Å². The second-order valence-electron chi connectivity index (χ2n) is 6.10. The number of piperazine rings is 1. The van der Waals surface area contributed by atoms with Gasteiger partial charge in [0.2, 0.25) is 5.91 Å². The fourth-order valence-corrected chi connectivity index (χ4v) is 3.74. The van der Waals surface area contributed by atoms with E-state index >= 15 is 0 Å². The second-order valence-corrected chi connectivity index (χ2v) is 6.95. The lowest BCUT2D eigenvalue weighted by atomic mass is 10.2. The number of anilines is 1. The molecule has 2 aliphatic rings. The minimum atomic E-state index is -0.543. The molecule has 0 saturated carbocycles. The summed E-state index contributed by atoms with van der Waals surface area (Å²) in [5.41, 5.74) is 0.346. The van der Waals surface area contributed by atoms with Gasteiger partial charge in [0.15, 0.2) is 0 Å². The van der Waals surface area contributed by atoms with Crippen LogP contribution in [-0.4, -0.2) is 66.5 Å². The minimum absolute atomic E-state index is 0.0944. The highest BCUT2D eigenvalue weighted by atomic mass is 35.5. The number of rotatable bonds is 3. The standard InChI is InChI=1S/C17H19Cl2N3O4/c1-2-26-17(25)21-7-5-20(6-8-21)14-10-15(23)22(16(14)24)13-4-3-11(18)9-12(13)19/h3-4,9,14H,2,5-8,10H2,1H3/t14-/m0/s1. The Bertz CT molecular complexity index is 735. The Hall–Kier alpha value is -1.83. The summed E-state index contributed by atoms with van der Waals surface area (Å²) in [7, 11) is 0.